The number of hydrogen-bond acceptors (Lipinski definition) is 6. The van der Waals surface area contributed by atoms with Crippen LogP contribution in [0.25, 0.3) is 6.08 Å². The summed E-state index contributed by atoms with van der Waals surface area (Å²) in [7, 11) is 0. The van der Waals surface area contributed by atoms with Crippen molar-refractivity contribution in [1.82, 2.24) is 10.2 Å². The molecule has 7 nitrogen and oxygen atoms in total. The van der Waals surface area contributed by atoms with Crippen LogP contribution in [-0.2, 0) is 14.4 Å². The van der Waals surface area contributed by atoms with Crippen molar-refractivity contribution in [1.29, 1.82) is 0 Å². The molecule has 0 saturated carbocycles. The summed E-state index contributed by atoms with van der Waals surface area (Å²) >= 11 is 6.14. The molecule has 22 heavy (non-hydrogen) atoms. The fourth-order valence-electron chi connectivity index (χ4n) is 1.67. The average Bonchev–Trinajstić information content (AvgIpc) is 2.96. The highest BCUT2D eigenvalue weighted by molar-refractivity contribution is 8.26. The number of thiocarbonyl (C=S) groups is 1. The number of amides is 2. The number of aryl methyl sites for hydroxylation is 1. The molecule has 0 radical (unpaired) electrons. The highest BCUT2D eigenvalue weighted by Crippen LogP contribution is 2.32. The van der Waals surface area contributed by atoms with Gasteiger partial charge in [0.25, 0.3) is 5.91 Å². The zero-order valence-electron chi connectivity index (χ0n) is 11.5. The van der Waals surface area contributed by atoms with E-state index in [1.807, 2.05) is 0 Å². The zero-order chi connectivity index (χ0) is 16.3. The van der Waals surface area contributed by atoms with Gasteiger partial charge >= 0.3 is 5.97 Å². The summed E-state index contributed by atoms with van der Waals surface area (Å²) in [6.45, 7) is 0.969. The largest absolute Gasteiger partial charge is 0.480 e. The first-order chi connectivity index (χ1) is 10.4. The molecule has 2 heterocycles. The van der Waals surface area contributed by atoms with Crippen LogP contribution in [0.5, 0.6) is 0 Å². The molecule has 1 fully saturated rings. The monoisotopic (exact) mass is 340 g/mol. The third-order valence-electron chi connectivity index (χ3n) is 2.65. The summed E-state index contributed by atoms with van der Waals surface area (Å²) in [5.74, 6) is -0.918. The molecule has 1 aliphatic rings. The summed E-state index contributed by atoms with van der Waals surface area (Å²) in [5.41, 5.74) is 0. The fourth-order valence-corrected chi connectivity index (χ4v) is 2.91. The second kappa shape index (κ2) is 6.75. The van der Waals surface area contributed by atoms with Crippen LogP contribution in [0, 0.1) is 6.92 Å². The molecule has 0 unspecified atom stereocenters. The number of thioether (sulfide) groups is 1. The molecule has 0 spiro atoms. The van der Waals surface area contributed by atoms with E-state index in [1.165, 1.54) is 0 Å². The van der Waals surface area contributed by atoms with Gasteiger partial charge in [-0.25, -0.2) is 0 Å². The van der Waals surface area contributed by atoms with Crippen LogP contribution >= 0.6 is 24.0 Å². The van der Waals surface area contributed by atoms with Crippen molar-refractivity contribution in [2.45, 2.75) is 6.92 Å². The van der Waals surface area contributed by atoms with E-state index < -0.39 is 24.3 Å². The third-order valence-corrected chi connectivity index (χ3v) is 4.02. The van der Waals surface area contributed by atoms with Gasteiger partial charge in [-0.1, -0.05) is 24.0 Å². The number of aliphatic carboxylic acids is 1. The van der Waals surface area contributed by atoms with Crippen molar-refractivity contribution in [3.8, 4) is 0 Å². The van der Waals surface area contributed by atoms with Crippen molar-refractivity contribution >= 4 is 52.2 Å². The Morgan fingerprint density at radius 2 is 2.23 bits per heavy atom. The van der Waals surface area contributed by atoms with Crippen molar-refractivity contribution in [2.24, 2.45) is 0 Å². The van der Waals surface area contributed by atoms with Crippen molar-refractivity contribution in [2.75, 3.05) is 13.1 Å². The van der Waals surface area contributed by atoms with Gasteiger partial charge in [0.15, 0.2) is 0 Å². The van der Waals surface area contributed by atoms with Crippen molar-refractivity contribution in [3.05, 3.63) is 28.6 Å². The predicted octanol–water partition coefficient (Wildman–Crippen LogP) is 0.990. The summed E-state index contributed by atoms with van der Waals surface area (Å²) in [6, 6.07) is 3.49. The van der Waals surface area contributed by atoms with Crippen LogP contribution in [0.1, 0.15) is 11.5 Å². The Hall–Kier alpha value is -2.13. The van der Waals surface area contributed by atoms with Gasteiger partial charge in [-0.2, -0.15) is 0 Å². The van der Waals surface area contributed by atoms with Crippen LogP contribution in [0.4, 0.5) is 0 Å². The molecular formula is C13H12N2O5S2. The van der Waals surface area contributed by atoms with E-state index in [0.717, 1.165) is 22.4 Å². The molecule has 2 amide bonds. The maximum Gasteiger partial charge on any atom is 0.322 e. The van der Waals surface area contributed by atoms with Gasteiger partial charge in [-0.3, -0.25) is 19.3 Å². The Labute approximate surface area is 135 Å². The number of carboxylic acids is 1. The molecule has 1 saturated heterocycles. The van der Waals surface area contributed by atoms with E-state index in [1.54, 1.807) is 25.1 Å². The van der Waals surface area contributed by atoms with Gasteiger partial charge in [-0.05, 0) is 19.1 Å². The van der Waals surface area contributed by atoms with Gasteiger partial charge in [0.1, 0.15) is 28.9 Å². The molecule has 1 aromatic heterocycles. The summed E-state index contributed by atoms with van der Waals surface area (Å²) in [4.78, 5) is 35.7. The summed E-state index contributed by atoms with van der Waals surface area (Å²) in [6.07, 6.45) is 1.56. The first kappa shape index (κ1) is 16.2. The maximum absolute atomic E-state index is 12.2. The standard InChI is InChI=1S/C13H12N2O5S2/c1-7-2-3-8(20-7)4-9-12(19)15(13(21)22-9)6-10(16)14-5-11(17)18/h2-4H,5-6H2,1H3,(H,14,16)(H,17,18)/b9-4-. The van der Waals surface area contributed by atoms with E-state index in [-0.39, 0.29) is 10.9 Å². The average molecular weight is 340 g/mol. The van der Waals surface area contributed by atoms with E-state index >= 15 is 0 Å². The lowest BCUT2D eigenvalue weighted by molar-refractivity contribution is -0.138. The molecule has 0 aromatic carbocycles. The number of rotatable bonds is 5. The molecule has 1 aromatic rings. The molecular weight excluding hydrogens is 328 g/mol. The van der Waals surface area contributed by atoms with Crippen molar-refractivity contribution in [3.63, 3.8) is 0 Å². The lowest BCUT2D eigenvalue weighted by Gasteiger charge is -2.13. The van der Waals surface area contributed by atoms with E-state index in [2.05, 4.69) is 5.32 Å². The Morgan fingerprint density at radius 1 is 1.50 bits per heavy atom. The SMILES string of the molecule is Cc1ccc(/C=C2\SC(=S)N(CC(=O)NCC(=O)O)C2=O)o1. The van der Waals surface area contributed by atoms with Gasteiger partial charge in [-0.15, -0.1) is 0 Å². The van der Waals surface area contributed by atoms with Crippen LogP contribution in [0.15, 0.2) is 21.5 Å². The topological polar surface area (TPSA) is 99.9 Å². The Kier molecular flexibility index (Phi) is 4.99. The minimum Gasteiger partial charge on any atom is -0.480 e. The van der Waals surface area contributed by atoms with Crippen LogP contribution in [-0.4, -0.2) is 45.2 Å². The number of nitrogens with one attached hydrogen (secondary N) is 1. The van der Waals surface area contributed by atoms with E-state index in [9.17, 15) is 14.4 Å². The smallest absolute Gasteiger partial charge is 0.322 e. The fraction of sp³-hybridized carbons (Fsp3) is 0.231. The lowest BCUT2D eigenvalue weighted by Crippen LogP contribution is -2.41. The number of carboxylic acid groups (broad SMARTS) is 1. The molecule has 2 N–H and O–H groups in total. The maximum atomic E-state index is 12.2. The van der Waals surface area contributed by atoms with E-state index in [4.69, 9.17) is 21.7 Å². The van der Waals surface area contributed by atoms with Crippen LogP contribution in [0.2, 0.25) is 0 Å². The van der Waals surface area contributed by atoms with E-state index in [0.29, 0.717) is 10.7 Å². The quantitative estimate of drug-likeness (QED) is 0.609. The van der Waals surface area contributed by atoms with Crippen molar-refractivity contribution < 1.29 is 23.9 Å². The van der Waals surface area contributed by atoms with Crippen LogP contribution < -0.4 is 5.32 Å². The van der Waals surface area contributed by atoms with Gasteiger partial charge in [0, 0.05) is 6.08 Å². The lowest BCUT2D eigenvalue weighted by atomic mass is 10.3. The molecule has 9 heteroatoms. The first-order valence-corrected chi connectivity index (χ1v) is 7.39. The van der Waals surface area contributed by atoms with Gasteiger partial charge in [0.05, 0.1) is 4.91 Å². The minimum absolute atomic E-state index is 0.241. The molecule has 0 bridgehead atoms. The normalized spacial score (nSPS) is 16.4. The predicted molar refractivity (Wildman–Crippen MR) is 84.0 cm³/mol. The van der Waals surface area contributed by atoms with Crippen LogP contribution in [0.3, 0.4) is 0 Å². The molecule has 1 aliphatic heterocycles. The number of furan rings is 1. The number of nitrogens with zero attached hydrogens (tertiary/aromatic N) is 1. The number of hydrogen-bond donors (Lipinski definition) is 2. The second-order valence-corrected chi connectivity index (χ2v) is 6.06. The number of carbonyl (C=O) groups is 3. The summed E-state index contributed by atoms with van der Waals surface area (Å²) < 4.78 is 5.60. The number of carbonyl (C=O) groups excluding carboxylic acids is 2. The van der Waals surface area contributed by atoms with Gasteiger partial charge in [0.2, 0.25) is 5.91 Å². The molecule has 2 rings (SSSR count). The Bertz CT molecular complexity index is 680. The van der Waals surface area contributed by atoms with Gasteiger partial charge < -0.3 is 14.8 Å². The zero-order valence-corrected chi connectivity index (χ0v) is 13.1. The second-order valence-electron chi connectivity index (χ2n) is 4.39. The third kappa shape index (κ3) is 3.95. The minimum atomic E-state index is -1.16. The summed E-state index contributed by atoms with van der Waals surface area (Å²) in [5, 5.41) is 10.7. The molecule has 0 aliphatic carbocycles. The Morgan fingerprint density at radius 3 is 2.82 bits per heavy atom. The highest BCUT2D eigenvalue weighted by Gasteiger charge is 2.33. The Balaban J connectivity index is 2.04. The molecule has 0 atom stereocenters. The molecule has 116 valence electrons. The highest BCUT2D eigenvalue weighted by atomic mass is 32.2. The first-order valence-electron chi connectivity index (χ1n) is 6.17.